The van der Waals surface area contributed by atoms with Gasteiger partial charge in [-0.25, -0.2) is 0 Å². The molecule has 0 aliphatic carbocycles. The predicted octanol–water partition coefficient (Wildman–Crippen LogP) is -2.86. The number of aliphatic hydroxyl groups excluding tert-OH is 9. The van der Waals surface area contributed by atoms with E-state index in [1.54, 1.807) is 0 Å². The standard InChI is InChI=1S/C32H38O18/c1-10-19(36)23(40)25(42)30(46-10)32(29(44)21(38)16(35)9-45-32)50-28-22(39)18-15(34)7-14(48-31-26(43)24(41)20(37)11(2)47-31)8-17(18)49-27(28)12-3-5-13(33)6-4-12/h3-8,10-11,16,19-21,23-26,29-31,33-38,40-44H,9H2,1-2H3. The molecule has 274 valence electrons. The molecule has 4 heterocycles. The number of ether oxygens (including phenoxy) is 5. The molecule has 2 aromatic carbocycles. The highest BCUT2D eigenvalue weighted by Crippen LogP contribution is 2.43. The van der Waals surface area contributed by atoms with Crippen LogP contribution in [0, 0.1) is 0 Å². The lowest BCUT2D eigenvalue weighted by Crippen LogP contribution is -2.75. The molecule has 18 heteroatoms. The third-order valence-electron chi connectivity index (χ3n) is 9.22. The van der Waals surface area contributed by atoms with Crippen LogP contribution in [-0.2, 0) is 14.2 Å². The number of hydrogen-bond donors (Lipinski definition) is 11. The lowest BCUT2D eigenvalue weighted by molar-refractivity contribution is -0.376. The van der Waals surface area contributed by atoms with Crippen LogP contribution in [0.5, 0.6) is 23.0 Å². The van der Waals surface area contributed by atoms with Crippen LogP contribution in [0.15, 0.2) is 45.6 Å². The molecular formula is C32H38O18. The Balaban J connectivity index is 1.51. The van der Waals surface area contributed by atoms with Gasteiger partial charge in [-0.1, -0.05) is 0 Å². The molecule has 14 atom stereocenters. The van der Waals surface area contributed by atoms with Gasteiger partial charge < -0.3 is 84.3 Å². The lowest BCUT2D eigenvalue weighted by Gasteiger charge is -2.52. The van der Waals surface area contributed by atoms with Crippen LogP contribution in [0.25, 0.3) is 22.3 Å². The van der Waals surface area contributed by atoms with Crippen molar-refractivity contribution >= 4 is 11.0 Å². The van der Waals surface area contributed by atoms with E-state index in [4.69, 9.17) is 28.1 Å². The van der Waals surface area contributed by atoms with Gasteiger partial charge in [-0.2, -0.15) is 0 Å². The number of rotatable bonds is 6. The fourth-order valence-corrected chi connectivity index (χ4v) is 6.26. The van der Waals surface area contributed by atoms with Gasteiger partial charge in [0, 0.05) is 17.7 Å². The molecule has 3 saturated heterocycles. The van der Waals surface area contributed by atoms with Crippen LogP contribution in [-0.4, -0.2) is 148 Å². The van der Waals surface area contributed by atoms with Crippen LogP contribution in [0.2, 0.25) is 0 Å². The van der Waals surface area contributed by atoms with E-state index < -0.39 is 120 Å². The third-order valence-corrected chi connectivity index (χ3v) is 9.22. The van der Waals surface area contributed by atoms with Gasteiger partial charge in [-0.05, 0) is 38.1 Å². The second-order valence-corrected chi connectivity index (χ2v) is 12.6. The van der Waals surface area contributed by atoms with Crippen molar-refractivity contribution < 1.29 is 84.3 Å². The van der Waals surface area contributed by atoms with E-state index in [9.17, 15) is 61.0 Å². The summed E-state index contributed by atoms with van der Waals surface area (Å²) in [6.07, 6.45) is -22.0. The van der Waals surface area contributed by atoms with Crippen LogP contribution >= 0.6 is 0 Å². The molecule has 3 fully saturated rings. The van der Waals surface area contributed by atoms with Crippen LogP contribution in [0.3, 0.4) is 0 Å². The number of fused-ring (bicyclic) bond motifs is 1. The van der Waals surface area contributed by atoms with E-state index >= 15 is 0 Å². The Kier molecular flexibility index (Phi) is 9.76. The van der Waals surface area contributed by atoms with Crippen LogP contribution in [0.1, 0.15) is 13.8 Å². The summed E-state index contributed by atoms with van der Waals surface area (Å²) in [5.74, 6) is -5.16. The summed E-state index contributed by atoms with van der Waals surface area (Å²) in [4.78, 5) is 14.3. The summed E-state index contributed by atoms with van der Waals surface area (Å²) in [6.45, 7) is 2.02. The first kappa shape index (κ1) is 36.2. The molecule has 11 N–H and O–H groups in total. The Morgan fingerprint density at radius 2 is 1.38 bits per heavy atom. The first-order valence-electron chi connectivity index (χ1n) is 15.6. The van der Waals surface area contributed by atoms with E-state index in [0.29, 0.717) is 0 Å². The Morgan fingerprint density at radius 3 is 2.04 bits per heavy atom. The number of hydrogen-bond acceptors (Lipinski definition) is 18. The normalized spacial score (nSPS) is 39.3. The van der Waals surface area contributed by atoms with Crippen molar-refractivity contribution in [3.63, 3.8) is 0 Å². The van der Waals surface area contributed by atoms with Gasteiger partial charge in [-0.15, -0.1) is 0 Å². The van der Waals surface area contributed by atoms with Crippen molar-refractivity contribution in [1.82, 2.24) is 0 Å². The van der Waals surface area contributed by atoms with Gasteiger partial charge in [-0.3, -0.25) is 4.79 Å². The molecule has 3 aliphatic heterocycles. The molecule has 6 rings (SSSR count). The summed E-state index contributed by atoms with van der Waals surface area (Å²) in [6, 6.07) is 7.18. The van der Waals surface area contributed by atoms with E-state index in [2.05, 4.69) is 0 Å². The van der Waals surface area contributed by atoms with Gasteiger partial charge in [0.25, 0.3) is 5.79 Å². The Bertz CT molecular complexity index is 1750. The van der Waals surface area contributed by atoms with Gasteiger partial charge in [0.15, 0.2) is 18.0 Å². The number of phenols is 2. The molecule has 18 nitrogen and oxygen atoms in total. The fraction of sp³-hybridized carbons (Fsp3) is 0.531. The summed E-state index contributed by atoms with van der Waals surface area (Å²) in [5, 5.41) is 115. The quantitative estimate of drug-likeness (QED) is 0.123. The highest BCUT2D eigenvalue weighted by molar-refractivity contribution is 5.88. The number of aliphatic hydroxyl groups is 9. The topological polar surface area (TPSA) is 299 Å². The molecular weight excluding hydrogens is 672 g/mol. The molecule has 0 saturated carbocycles. The van der Waals surface area contributed by atoms with E-state index in [0.717, 1.165) is 12.1 Å². The third kappa shape index (κ3) is 6.06. The zero-order chi connectivity index (χ0) is 36.4. The zero-order valence-corrected chi connectivity index (χ0v) is 26.5. The second-order valence-electron chi connectivity index (χ2n) is 12.6. The predicted molar refractivity (Wildman–Crippen MR) is 164 cm³/mol. The maximum Gasteiger partial charge on any atom is 0.268 e. The Labute approximate surface area is 282 Å². The van der Waals surface area contributed by atoms with E-state index in [-0.39, 0.29) is 22.6 Å². The molecule has 1 aromatic heterocycles. The summed E-state index contributed by atoms with van der Waals surface area (Å²) < 4.78 is 34.7. The molecule has 0 spiro atoms. The lowest BCUT2D eigenvalue weighted by atomic mass is 9.84. The van der Waals surface area contributed by atoms with Crippen LogP contribution in [0.4, 0.5) is 0 Å². The highest BCUT2D eigenvalue weighted by atomic mass is 16.7. The monoisotopic (exact) mass is 710 g/mol. The van der Waals surface area contributed by atoms with Crippen LogP contribution < -0.4 is 14.9 Å². The maximum absolute atomic E-state index is 14.3. The molecule has 3 aromatic rings. The average molecular weight is 711 g/mol. The number of phenolic OH excluding ortho intramolecular Hbond substituents is 2. The molecule has 0 amide bonds. The Hall–Kier alpha value is -3.63. The Morgan fingerprint density at radius 1 is 0.760 bits per heavy atom. The minimum absolute atomic E-state index is 0.0644. The second kappa shape index (κ2) is 13.5. The summed E-state index contributed by atoms with van der Waals surface area (Å²) >= 11 is 0. The molecule has 50 heavy (non-hydrogen) atoms. The highest BCUT2D eigenvalue weighted by Gasteiger charge is 2.63. The van der Waals surface area contributed by atoms with E-state index in [1.165, 1.54) is 38.1 Å². The smallest absolute Gasteiger partial charge is 0.268 e. The first-order chi connectivity index (χ1) is 23.5. The van der Waals surface area contributed by atoms with Crippen molar-refractivity contribution in [2.45, 2.75) is 99.2 Å². The van der Waals surface area contributed by atoms with Gasteiger partial charge >= 0.3 is 0 Å². The summed E-state index contributed by atoms with van der Waals surface area (Å²) in [7, 11) is 0. The van der Waals surface area contributed by atoms with Crippen molar-refractivity contribution in [2.24, 2.45) is 0 Å². The van der Waals surface area contributed by atoms with Crippen molar-refractivity contribution in [3.05, 3.63) is 46.6 Å². The molecule has 0 radical (unpaired) electrons. The average Bonchev–Trinajstić information content (AvgIpc) is 3.08. The van der Waals surface area contributed by atoms with Gasteiger partial charge in [0.05, 0.1) is 18.8 Å². The zero-order valence-electron chi connectivity index (χ0n) is 26.5. The molecule has 3 aliphatic rings. The van der Waals surface area contributed by atoms with Crippen molar-refractivity contribution in [2.75, 3.05) is 6.61 Å². The minimum atomic E-state index is -2.78. The largest absolute Gasteiger partial charge is 0.508 e. The van der Waals surface area contributed by atoms with Crippen molar-refractivity contribution in [3.8, 4) is 34.3 Å². The number of benzene rings is 2. The van der Waals surface area contributed by atoms with Gasteiger partial charge in [0.2, 0.25) is 17.5 Å². The SMILES string of the molecule is CC1OC(Oc2cc(O)c3c(=O)c(OC4(C5OC(C)C(O)C(O)C5O)OCC(O)C(O)C4O)c(-c4ccc(O)cc4)oc3c2)C(O)C(O)C1O. The molecule has 0 bridgehead atoms. The number of aromatic hydroxyl groups is 2. The van der Waals surface area contributed by atoms with Crippen molar-refractivity contribution in [1.29, 1.82) is 0 Å². The maximum atomic E-state index is 14.3. The van der Waals surface area contributed by atoms with E-state index in [1.807, 2.05) is 0 Å². The molecule has 14 unspecified atom stereocenters. The minimum Gasteiger partial charge on any atom is -0.508 e. The van der Waals surface area contributed by atoms with Gasteiger partial charge in [0.1, 0.15) is 77.0 Å². The fourth-order valence-electron chi connectivity index (χ4n) is 6.26. The first-order valence-corrected chi connectivity index (χ1v) is 15.6. The summed E-state index contributed by atoms with van der Waals surface area (Å²) in [5.41, 5.74) is -1.39.